The Morgan fingerprint density at radius 3 is 2.26 bits per heavy atom. The molecule has 0 aliphatic rings. The van der Waals surface area contributed by atoms with Crippen LogP contribution in [0.3, 0.4) is 0 Å². The van der Waals surface area contributed by atoms with E-state index >= 15 is 0 Å². The Morgan fingerprint density at radius 2 is 1.74 bits per heavy atom. The molecule has 27 heavy (non-hydrogen) atoms. The van der Waals surface area contributed by atoms with E-state index in [9.17, 15) is 24.3 Å². The van der Waals surface area contributed by atoms with Gasteiger partial charge in [0.1, 0.15) is 23.6 Å². The average molecular weight is 380 g/mol. The topological polar surface area (TPSA) is 142 Å². The predicted octanol–water partition coefficient (Wildman–Crippen LogP) is 0.00450. The molecule has 0 aliphatic heterocycles. The lowest BCUT2D eigenvalue weighted by atomic mass is 10.0. The Hall–Kier alpha value is -2.94. The van der Waals surface area contributed by atoms with Gasteiger partial charge in [0.05, 0.1) is 13.7 Å². The summed E-state index contributed by atoms with van der Waals surface area (Å²) in [6, 6.07) is 4.37. The van der Waals surface area contributed by atoms with Gasteiger partial charge in [-0.05, 0) is 30.5 Å². The van der Waals surface area contributed by atoms with Crippen molar-refractivity contribution in [1.82, 2.24) is 10.6 Å². The maximum Gasteiger partial charge on any atom is 0.326 e. The fourth-order valence-electron chi connectivity index (χ4n) is 2.38. The van der Waals surface area contributed by atoms with Crippen LogP contribution in [0.5, 0.6) is 5.75 Å². The number of amides is 1. The Kier molecular flexibility index (Phi) is 8.94. The van der Waals surface area contributed by atoms with Gasteiger partial charge in [0.15, 0.2) is 0 Å². The highest BCUT2D eigenvalue weighted by molar-refractivity contribution is 5.85. The zero-order chi connectivity index (χ0) is 20.4. The third-order valence-electron chi connectivity index (χ3n) is 3.79. The number of Topliss-reactive ketones (excluding diaryl/α,β-unsaturated/α-hetero) is 1. The van der Waals surface area contributed by atoms with E-state index < -0.39 is 29.9 Å². The maximum atomic E-state index is 12.0. The number of hydrogen-bond donors (Lipinski definition) is 4. The largest absolute Gasteiger partial charge is 0.508 e. The zero-order valence-electron chi connectivity index (χ0n) is 15.2. The molecule has 148 valence electrons. The van der Waals surface area contributed by atoms with Crippen molar-refractivity contribution < 1.29 is 34.1 Å². The molecule has 0 fully saturated rings. The normalized spacial score (nSPS) is 12.7. The monoisotopic (exact) mass is 380 g/mol. The third-order valence-corrected chi connectivity index (χ3v) is 3.79. The fraction of sp³-hybridized carbons (Fsp3) is 0.444. The summed E-state index contributed by atoms with van der Waals surface area (Å²) >= 11 is 0. The van der Waals surface area contributed by atoms with Crippen LogP contribution >= 0.6 is 0 Å². The van der Waals surface area contributed by atoms with Crippen LogP contribution in [0.4, 0.5) is 0 Å². The van der Waals surface area contributed by atoms with Crippen LogP contribution in [0.15, 0.2) is 24.3 Å². The number of carbonyl (C=O) groups is 4. The highest BCUT2D eigenvalue weighted by Crippen LogP contribution is 2.12. The van der Waals surface area contributed by atoms with Gasteiger partial charge in [0.2, 0.25) is 5.91 Å². The van der Waals surface area contributed by atoms with Crippen LogP contribution in [0.25, 0.3) is 0 Å². The molecule has 2 atom stereocenters. The van der Waals surface area contributed by atoms with Crippen LogP contribution in [-0.4, -0.2) is 59.6 Å². The number of ketones is 1. The van der Waals surface area contributed by atoms with Crippen molar-refractivity contribution in [2.75, 3.05) is 13.7 Å². The van der Waals surface area contributed by atoms with Gasteiger partial charge >= 0.3 is 11.9 Å². The number of carboxylic acids is 1. The van der Waals surface area contributed by atoms with Crippen molar-refractivity contribution in [1.29, 1.82) is 0 Å². The molecule has 0 heterocycles. The molecule has 0 radical (unpaired) electrons. The highest BCUT2D eigenvalue weighted by Gasteiger charge is 2.22. The Labute approximate surface area is 156 Å². The van der Waals surface area contributed by atoms with Crippen molar-refractivity contribution in [2.45, 2.75) is 38.3 Å². The lowest BCUT2D eigenvalue weighted by Gasteiger charge is -2.17. The van der Waals surface area contributed by atoms with Gasteiger partial charge in [0, 0.05) is 13.3 Å². The number of hydrogen-bond acceptors (Lipinski definition) is 7. The molecular weight excluding hydrogens is 356 g/mol. The first kappa shape index (κ1) is 22.1. The van der Waals surface area contributed by atoms with E-state index in [4.69, 9.17) is 9.84 Å². The minimum absolute atomic E-state index is 0.0454. The summed E-state index contributed by atoms with van der Waals surface area (Å²) in [7, 11) is 1.24. The van der Waals surface area contributed by atoms with Gasteiger partial charge in [-0.1, -0.05) is 12.1 Å². The maximum absolute atomic E-state index is 12.0. The van der Waals surface area contributed by atoms with E-state index in [1.54, 1.807) is 12.1 Å². The molecule has 1 unspecified atom stereocenters. The van der Waals surface area contributed by atoms with Gasteiger partial charge in [-0.25, -0.2) is 4.79 Å². The fourth-order valence-corrected chi connectivity index (χ4v) is 2.38. The number of ether oxygens (including phenoxy) is 1. The molecule has 1 amide bonds. The molecule has 1 aromatic carbocycles. The summed E-state index contributed by atoms with van der Waals surface area (Å²) in [4.78, 5) is 45.9. The van der Waals surface area contributed by atoms with E-state index in [0.29, 0.717) is 0 Å². The number of aliphatic carboxylic acids is 1. The van der Waals surface area contributed by atoms with E-state index in [1.165, 1.54) is 26.2 Å². The molecule has 0 saturated heterocycles. The van der Waals surface area contributed by atoms with Crippen LogP contribution in [-0.2, 0) is 30.3 Å². The van der Waals surface area contributed by atoms with Crippen molar-refractivity contribution >= 4 is 23.6 Å². The van der Waals surface area contributed by atoms with Crippen molar-refractivity contribution in [3.8, 4) is 5.75 Å². The number of aromatic hydroxyl groups is 1. The Bertz CT molecular complexity index is 673. The van der Waals surface area contributed by atoms with Crippen molar-refractivity contribution in [2.24, 2.45) is 0 Å². The van der Waals surface area contributed by atoms with Crippen molar-refractivity contribution in [3.05, 3.63) is 29.8 Å². The van der Waals surface area contributed by atoms with E-state index in [1.807, 2.05) is 0 Å². The summed E-state index contributed by atoms with van der Waals surface area (Å²) < 4.78 is 4.73. The van der Waals surface area contributed by atoms with Crippen LogP contribution in [0, 0.1) is 0 Å². The number of rotatable bonds is 11. The number of phenols is 1. The smallest absolute Gasteiger partial charge is 0.326 e. The Balaban J connectivity index is 2.57. The minimum Gasteiger partial charge on any atom is -0.508 e. The first-order chi connectivity index (χ1) is 12.7. The number of esters is 1. The number of methoxy groups -OCH3 is 1. The summed E-state index contributed by atoms with van der Waals surface area (Å²) in [5.41, 5.74) is 0.764. The lowest BCUT2D eigenvalue weighted by molar-refractivity contribution is -0.143. The second-order valence-electron chi connectivity index (χ2n) is 6.00. The highest BCUT2D eigenvalue weighted by atomic mass is 16.5. The third kappa shape index (κ3) is 8.32. The molecule has 0 aliphatic carbocycles. The van der Waals surface area contributed by atoms with E-state index in [-0.39, 0.29) is 37.3 Å². The summed E-state index contributed by atoms with van der Waals surface area (Å²) in [5.74, 6) is -2.45. The quantitative estimate of drug-likeness (QED) is 0.393. The molecule has 1 rings (SSSR count). The summed E-state index contributed by atoms with van der Waals surface area (Å²) in [5, 5.41) is 23.4. The molecule has 0 saturated carbocycles. The number of carboxylic acid groups (broad SMARTS) is 1. The molecule has 0 aromatic heterocycles. The van der Waals surface area contributed by atoms with Gasteiger partial charge in [-0.3, -0.25) is 19.7 Å². The van der Waals surface area contributed by atoms with E-state index in [0.717, 1.165) is 5.56 Å². The molecule has 0 spiro atoms. The first-order valence-corrected chi connectivity index (χ1v) is 8.33. The Morgan fingerprint density at radius 1 is 1.11 bits per heavy atom. The minimum atomic E-state index is -1.22. The molecule has 9 heteroatoms. The number of benzene rings is 1. The van der Waals surface area contributed by atoms with Crippen LogP contribution < -0.4 is 10.6 Å². The van der Waals surface area contributed by atoms with E-state index in [2.05, 4.69) is 10.6 Å². The summed E-state index contributed by atoms with van der Waals surface area (Å²) in [6.45, 7) is 1.05. The van der Waals surface area contributed by atoms with Gasteiger partial charge in [-0.15, -0.1) is 0 Å². The van der Waals surface area contributed by atoms with Crippen molar-refractivity contribution in [3.63, 3.8) is 0 Å². The van der Waals surface area contributed by atoms with Crippen LogP contribution in [0.2, 0.25) is 0 Å². The second-order valence-corrected chi connectivity index (χ2v) is 6.00. The number of carbonyl (C=O) groups excluding carboxylic acids is 3. The van der Waals surface area contributed by atoms with Crippen LogP contribution in [0.1, 0.15) is 25.3 Å². The van der Waals surface area contributed by atoms with Gasteiger partial charge in [-0.2, -0.15) is 0 Å². The van der Waals surface area contributed by atoms with Gasteiger partial charge < -0.3 is 20.3 Å². The standard InChI is InChI=1S/C18H24N2O7/c1-11(21)20-15(17(24)25)8-7-14(23)10-19-16(18(26)27-2)9-12-3-5-13(22)6-4-12/h3-6,15-16,19,22H,7-10H2,1-2H3,(H,20,21)(H,24,25)/t15?,16-/m0/s1. The number of nitrogens with one attached hydrogen (secondary N) is 2. The average Bonchev–Trinajstić information content (AvgIpc) is 2.62. The lowest BCUT2D eigenvalue weighted by Crippen LogP contribution is -2.43. The molecule has 0 bridgehead atoms. The predicted molar refractivity (Wildman–Crippen MR) is 95.1 cm³/mol. The molecule has 4 N–H and O–H groups in total. The SMILES string of the molecule is COC(=O)[C@H](Cc1ccc(O)cc1)NCC(=O)CCC(NC(C)=O)C(=O)O. The first-order valence-electron chi connectivity index (χ1n) is 8.33. The molecule has 9 nitrogen and oxygen atoms in total. The number of phenolic OH excluding ortho intramolecular Hbond substituents is 1. The molecule has 1 aromatic rings. The zero-order valence-corrected chi connectivity index (χ0v) is 15.2. The summed E-state index contributed by atoms with van der Waals surface area (Å²) in [6.07, 6.45) is 0.136. The molecular formula is C18H24N2O7. The second kappa shape index (κ2) is 10.9. The van der Waals surface area contributed by atoms with Gasteiger partial charge in [0.25, 0.3) is 0 Å².